The van der Waals surface area contributed by atoms with Crippen molar-refractivity contribution in [2.45, 2.75) is 45.3 Å². The van der Waals surface area contributed by atoms with Crippen molar-refractivity contribution >= 4 is 5.91 Å². The van der Waals surface area contributed by atoms with Crippen LogP contribution in [0.15, 0.2) is 42.5 Å². The molecule has 168 valence electrons. The van der Waals surface area contributed by atoms with E-state index in [1.54, 1.807) is 7.11 Å². The Morgan fingerprint density at radius 1 is 1.06 bits per heavy atom. The van der Waals surface area contributed by atoms with Gasteiger partial charge in [0.05, 0.1) is 19.3 Å². The molecule has 2 aromatic carbocycles. The number of ether oxygens (including phenoxy) is 2. The van der Waals surface area contributed by atoms with Crippen LogP contribution in [-0.2, 0) is 11.3 Å². The van der Waals surface area contributed by atoms with Crippen LogP contribution in [0.1, 0.15) is 36.0 Å². The van der Waals surface area contributed by atoms with Crippen LogP contribution in [0.25, 0.3) is 0 Å². The minimum Gasteiger partial charge on any atom is -0.497 e. The van der Waals surface area contributed by atoms with Crippen molar-refractivity contribution in [3.05, 3.63) is 59.2 Å². The van der Waals surface area contributed by atoms with Crippen LogP contribution in [0.5, 0.6) is 11.5 Å². The zero-order valence-electron chi connectivity index (χ0n) is 18.8. The quantitative estimate of drug-likeness (QED) is 0.678. The van der Waals surface area contributed by atoms with Gasteiger partial charge in [0.25, 0.3) is 0 Å². The molecule has 0 aromatic heterocycles. The van der Waals surface area contributed by atoms with Crippen molar-refractivity contribution in [1.29, 1.82) is 0 Å². The molecule has 1 fully saturated rings. The molecule has 2 N–H and O–H groups in total. The highest BCUT2D eigenvalue weighted by atomic mass is 16.5. The number of amides is 1. The number of hydrogen-bond donors (Lipinski definition) is 2. The smallest absolute Gasteiger partial charge is 0.234 e. The van der Waals surface area contributed by atoms with Crippen molar-refractivity contribution in [3.63, 3.8) is 0 Å². The number of aliphatic hydroxyl groups is 1. The van der Waals surface area contributed by atoms with Crippen LogP contribution in [0.4, 0.5) is 0 Å². The molecule has 1 unspecified atom stereocenters. The van der Waals surface area contributed by atoms with Crippen LogP contribution in [-0.4, -0.2) is 54.9 Å². The van der Waals surface area contributed by atoms with Gasteiger partial charge in [-0.2, -0.15) is 0 Å². The third-order valence-corrected chi connectivity index (χ3v) is 6.01. The fourth-order valence-corrected chi connectivity index (χ4v) is 3.76. The molecule has 6 nitrogen and oxygen atoms in total. The van der Waals surface area contributed by atoms with Gasteiger partial charge in [-0.05, 0) is 80.6 Å². The van der Waals surface area contributed by atoms with Crippen molar-refractivity contribution < 1.29 is 19.4 Å². The Morgan fingerprint density at radius 2 is 1.81 bits per heavy atom. The van der Waals surface area contributed by atoms with Crippen LogP contribution >= 0.6 is 0 Å². The lowest BCUT2D eigenvalue weighted by atomic mass is 9.96. The second-order valence-electron chi connectivity index (χ2n) is 8.51. The van der Waals surface area contributed by atoms with E-state index >= 15 is 0 Å². The number of aryl methyl sites for hydroxylation is 2. The van der Waals surface area contributed by atoms with E-state index in [1.165, 1.54) is 11.1 Å². The van der Waals surface area contributed by atoms with Gasteiger partial charge >= 0.3 is 0 Å². The van der Waals surface area contributed by atoms with Crippen molar-refractivity contribution in [2.24, 2.45) is 0 Å². The molecule has 0 radical (unpaired) electrons. The first-order valence-corrected chi connectivity index (χ1v) is 10.9. The third kappa shape index (κ3) is 6.97. The lowest BCUT2D eigenvalue weighted by Crippen LogP contribution is -2.40. The molecule has 0 spiro atoms. The van der Waals surface area contributed by atoms with Crippen molar-refractivity contribution in [3.8, 4) is 11.5 Å². The molecular weight excluding hydrogens is 392 g/mol. The van der Waals surface area contributed by atoms with Gasteiger partial charge in [-0.15, -0.1) is 0 Å². The lowest BCUT2D eigenvalue weighted by Gasteiger charge is -2.27. The number of rotatable bonds is 8. The largest absolute Gasteiger partial charge is 0.497 e. The lowest BCUT2D eigenvalue weighted by molar-refractivity contribution is -0.122. The van der Waals surface area contributed by atoms with Gasteiger partial charge in [-0.1, -0.05) is 18.2 Å². The summed E-state index contributed by atoms with van der Waals surface area (Å²) in [5.41, 5.74) is 2.56. The molecule has 2 aromatic rings. The van der Waals surface area contributed by atoms with E-state index in [0.717, 1.165) is 30.0 Å². The maximum atomic E-state index is 12.4. The van der Waals surface area contributed by atoms with E-state index in [9.17, 15) is 9.90 Å². The topological polar surface area (TPSA) is 71.0 Å². The minimum atomic E-state index is -0.868. The highest BCUT2D eigenvalue weighted by Crippen LogP contribution is 2.25. The molecule has 0 bridgehead atoms. The molecule has 1 aliphatic rings. The van der Waals surface area contributed by atoms with Gasteiger partial charge in [0.15, 0.2) is 0 Å². The minimum absolute atomic E-state index is 0.00682. The fourth-order valence-electron chi connectivity index (χ4n) is 3.76. The van der Waals surface area contributed by atoms with Gasteiger partial charge in [-0.3, -0.25) is 9.69 Å². The maximum absolute atomic E-state index is 12.4. The summed E-state index contributed by atoms with van der Waals surface area (Å²) in [4.78, 5) is 14.5. The van der Waals surface area contributed by atoms with Crippen LogP contribution in [0, 0.1) is 13.8 Å². The zero-order chi connectivity index (χ0) is 22.3. The maximum Gasteiger partial charge on any atom is 0.234 e. The monoisotopic (exact) mass is 426 g/mol. The van der Waals surface area contributed by atoms with Crippen LogP contribution in [0.3, 0.4) is 0 Å². The van der Waals surface area contributed by atoms with Crippen LogP contribution < -0.4 is 14.8 Å². The number of likely N-dealkylation sites (tertiary alicyclic amines) is 1. The summed E-state index contributed by atoms with van der Waals surface area (Å²) in [5, 5.41) is 14.0. The Kier molecular flexibility index (Phi) is 7.93. The second kappa shape index (κ2) is 10.6. The average molecular weight is 427 g/mol. The molecule has 3 rings (SSSR count). The summed E-state index contributed by atoms with van der Waals surface area (Å²) in [6, 6.07) is 13.7. The van der Waals surface area contributed by atoms with Crippen molar-refractivity contribution in [1.82, 2.24) is 10.2 Å². The fraction of sp³-hybridized carbons (Fsp3) is 0.480. The van der Waals surface area contributed by atoms with Gasteiger partial charge in [0.1, 0.15) is 18.1 Å². The van der Waals surface area contributed by atoms with E-state index in [2.05, 4.69) is 24.1 Å². The van der Waals surface area contributed by atoms with Gasteiger partial charge in [0, 0.05) is 13.1 Å². The molecule has 1 aliphatic heterocycles. The highest BCUT2D eigenvalue weighted by molar-refractivity contribution is 5.78. The zero-order valence-corrected chi connectivity index (χ0v) is 18.8. The average Bonchev–Trinajstić information content (AvgIpc) is 2.95. The predicted molar refractivity (Wildman–Crippen MR) is 121 cm³/mol. The van der Waals surface area contributed by atoms with Gasteiger partial charge < -0.3 is 19.9 Å². The molecule has 1 saturated heterocycles. The molecule has 1 atom stereocenters. The summed E-state index contributed by atoms with van der Waals surface area (Å²) in [7, 11) is 1.63. The summed E-state index contributed by atoms with van der Waals surface area (Å²) >= 11 is 0. The van der Waals surface area contributed by atoms with Crippen molar-refractivity contribution in [2.75, 3.05) is 33.4 Å². The first kappa shape index (κ1) is 23.1. The number of nitrogens with zero attached hydrogens (tertiary/aromatic N) is 1. The molecular formula is C25H34N2O4. The number of carbonyl (C=O) groups excluding carboxylic acids is 1. The Balaban J connectivity index is 1.43. The number of benzene rings is 2. The predicted octanol–water partition coefficient (Wildman–Crippen LogP) is 3.22. The highest BCUT2D eigenvalue weighted by Gasteiger charge is 2.31. The number of carbonyl (C=O) groups is 1. The third-order valence-electron chi connectivity index (χ3n) is 6.01. The Bertz CT molecular complexity index is 868. The number of hydrogen-bond acceptors (Lipinski definition) is 5. The summed E-state index contributed by atoms with van der Waals surface area (Å²) in [6.45, 7) is 6.69. The summed E-state index contributed by atoms with van der Waals surface area (Å²) in [6.07, 6.45) is 2.09. The van der Waals surface area contributed by atoms with E-state index in [1.807, 2.05) is 42.5 Å². The Hall–Kier alpha value is -2.57. The number of methoxy groups -OCH3 is 1. The van der Waals surface area contributed by atoms with E-state index in [0.29, 0.717) is 32.5 Å². The first-order valence-electron chi connectivity index (χ1n) is 10.9. The molecule has 0 saturated carbocycles. The molecule has 6 heteroatoms. The number of nitrogens with one attached hydrogen (secondary N) is 1. The van der Waals surface area contributed by atoms with Gasteiger partial charge in [-0.25, -0.2) is 0 Å². The van der Waals surface area contributed by atoms with E-state index in [4.69, 9.17) is 9.47 Å². The van der Waals surface area contributed by atoms with Gasteiger partial charge in [0.2, 0.25) is 5.91 Å². The standard InChI is InChI=1S/C25H34N2O4/c1-19-5-8-23(15-20(19)2)31-18-25(29)11-4-13-27(14-12-25)17-24(28)26-16-21-6-9-22(30-3)10-7-21/h5-10,15,29H,4,11-14,16-18H2,1-3H3,(H,26,28). The van der Waals surface area contributed by atoms with E-state index in [-0.39, 0.29) is 12.5 Å². The summed E-state index contributed by atoms with van der Waals surface area (Å²) in [5.74, 6) is 1.58. The SMILES string of the molecule is COc1ccc(CNC(=O)CN2CCCC(O)(COc3ccc(C)c(C)c3)CC2)cc1. The Morgan fingerprint density at radius 3 is 2.52 bits per heavy atom. The molecule has 0 aliphatic carbocycles. The van der Waals surface area contributed by atoms with E-state index < -0.39 is 5.60 Å². The second-order valence-corrected chi connectivity index (χ2v) is 8.51. The molecule has 31 heavy (non-hydrogen) atoms. The first-order chi connectivity index (χ1) is 14.9. The normalized spacial score (nSPS) is 19.5. The van der Waals surface area contributed by atoms with Crippen LogP contribution in [0.2, 0.25) is 0 Å². The summed E-state index contributed by atoms with van der Waals surface area (Å²) < 4.78 is 11.1. The molecule has 1 amide bonds. The molecule has 1 heterocycles. The Labute approximate surface area is 185 Å².